The molecular weight excluding hydrogens is 252 g/mol. The molecule has 1 rings (SSSR count). The molecule has 0 saturated heterocycles. The third-order valence-electron chi connectivity index (χ3n) is 3.39. The highest BCUT2D eigenvalue weighted by Crippen LogP contribution is 2.14. The average Bonchev–Trinajstić information content (AvgIpc) is 2.47. The van der Waals surface area contributed by atoms with Gasteiger partial charge in [-0.05, 0) is 57.7 Å². The number of hydrogen-bond donors (Lipinski definition) is 0. The Balaban J connectivity index is 2.49. The molecule has 0 N–H and O–H groups in total. The molecule has 0 fully saturated rings. The van der Waals surface area contributed by atoms with Crippen LogP contribution in [0.15, 0.2) is 24.3 Å². The molecule has 0 aliphatic heterocycles. The first-order chi connectivity index (χ1) is 9.58. The van der Waals surface area contributed by atoms with Crippen LogP contribution in [0.3, 0.4) is 0 Å². The van der Waals surface area contributed by atoms with Crippen molar-refractivity contribution in [3.8, 4) is 0 Å². The molecule has 4 heteroatoms. The minimum Gasteiger partial charge on any atom is -0.462 e. The second-order valence-corrected chi connectivity index (χ2v) is 4.94. The largest absolute Gasteiger partial charge is 0.462 e. The number of esters is 1. The van der Waals surface area contributed by atoms with Crippen molar-refractivity contribution in [3.05, 3.63) is 29.8 Å². The van der Waals surface area contributed by atoms with Crippen LogP contribution in [0.5, 0.6) is 0 Å². The van der Waals surface area contributed by atoms with Crippen molar-refractivity contribution in [3.63, 3.8) is 0 Å². The molecule has 0 atom stereocenters. The predicted molar refractivity (Wildman–Crippen MR) is 83.5 cm³/mol. The van der Waals surface area contributed by atoms with Gasteiger partial charge in [0, 0.05) is 19.3 Å². The summed E-state index contributed by atoms with van der Waals surface area (Å²) in [6.07, 6.45) is 1.13. The van der Waals surface area contributed by atoms with Gasteiger partial charge in [-0.1, -0.05) is 6.92 Å². The van der Waals surface area contributed by atoms with E-state index < -0.39 is 0 Å². The first-order valence-electron chi connectivity index (χ1n) is 7.25. The first kappa shape index (κ1) is 16.5. The molecular formula is C16H26N2O2. The van der Waals surface area contributed by atoms with Crippen LogP contribution >= 0.6 is 0 Å². The Labute approximate surface area is 122 Å². The second kappa shape index (κ2) is 8.59. The molecule has 0 aromatic heterocycles. The summed E-state index contributed by atoms with van der Waals surface area (Å²) in [4.78, 5) is 16.1. The standard InChI is InChI=1S/C16H26N2O2/c1-5-17(3)12-7-13-18(4)15-10-8-14(9-11-15)16(19)20-6-2/h8-11H,5-7,12-13H2,1-4H3. The average molecular weight is 278 g/mol. The van der Waals surface area contributed by atoms with Gasteiger partial charge in [-0.3, -0.25) is 0 Å². The molecule has 0 saturated carbocycles. The van der Waals surface area contributed by atoms with E-state index in [0.717, 1.165) is 31.7 Å². The lowest BCUT2D eigenvalue weighted by Gasteiger charge is -2.21. The molecule has 1 aromatic rings. The van der Waals surface area contributed by atoms with Crippen molar-refractivity contribution in [1.82, 2.24) is 4.90 Å². The van der Waals surface area contributed by atoms with Gasteiger partial charge in [0.2, 0.25) is 0 Å². The topological polar surface area (TPSA) is 32.8 Å². The maximum Gasteiger partial charge on any atom is 0.338 e. The molecule has 0 bridgehead atoms. The van der Waals surface area contributed by atoms with Crippen molar-refractivity contribution in [1.29, 1.82) is 0 Å². The third kappa shape index (κ3) is 5.21. The normalized spacial score (nSPS) is 10.7. The molecule has 0 radical (unpaired) electrons. The van der Waals surface area contributed by atoms with E-state index in [0.29, 0.717) is 12.2 Å². The van der Waals surface area contributed by atoms with Crippen LogP contribution in [0.4, 0.5) is 5.69 Å². The number of ether oxygens (including phenoxy) is 1. The quantitative estimate of drug-likeness (QED) is 0.684. The third-order valence-corrected chi connectivity index (χ3v) is 3.39. The van der Waals surface area contributed by atoms with E-state index in [9.17, 15) is 4.79 Å². The molecule has 0 spiro atoms. The minimum atomic E-state index is -0.258. The van der Waals surface area contributed by atoms with Crippen molar-refractivity contribution in [2.75, 3.05) is 45.2 Å². The molecule has 1 aromatic carbocycles. The van der Waals surface area contributed by atoms with E-state index in [-0.39, 0.29) is 5.97 Å². The Hall–Kier alpha value is -1.55. The predicted octanol–water partition coefficient (Wildman–Crippen LogP) is 2.64. The molecule has 0 aliphatic carbocycles. The summed E-state index contributed by atoms with van der Waals surface area (Å²) in [6, 6.07) is 7.58. The highest BCUT2D eigenvalue weighted by atomic mass is 16.5. The minimum absolute atomic E-state index is 0.258. The number of hydrogen-bond acceptors (Lipinski definition) is 4. The van der Waals surface area contributed by atoms with Gasteiger partial charge in [-0.2, -0.15) is 0 Å². The number of benzene rings is 1. The van der Waals surface area contributed by atoms with Crippen molar-refractivity contribution < 1.29 is 9.53 Å². The first-order valence-corrected chi connectivity index (χ1v) is 7.25. The van der Waals surface area contributed by atoms with E-state index in [1.54, 1.807) is 0 Å². The van der Waals surface area contributed by atoms with Gasteiger partial charge >= 0.3 is 5.97 Å². The summed E-state index contributed by atoms with van der Waals surface area (Å²) < 4.78 is 4.97. The van der Waals surface area contributed by atoms with E-state index >= 15 is 0 Å². The van der Waals surface area contributed by atoms with Gasteiger partial charge in [0.05, 0.1) is 12.2 Å². The molecule has 0 unspecified atom stereocenters. The van der Waals surface area contributed by atoms with Crippen LogP contribution in [0.25, 0.3) is 0 Å². The Bertz CT molecular complexity index is 403. The van der Waals surface area contributed by atoms with E-state index in [4.69, 9.17) is 4.74 Å². The summed E-state index contributed by atoms with van der Waals surface area (Å²) in [6.45, 7) is 7.57. The lowest BCUT2D eigenvalue weighted by Crippen LogP contribution is -2.25. The SMILES string of the molecule is CCOC(=O)c1ccc(N(C)CCCN(C)CC)cc1. The van der Waals surface area contributed by atoms with Gasteiger partial charge in [0.15, 0.2) is 0 Å². The second-order valence-electron chi connectivity index (χ2n) is 4.94. The number of carbonyl (C=O) groups is 1. The van der Waals surface area contributed by atoms with Crippen LogP contribution in [0, 0.1) is 0 Å². The fourth-order valence-electron chi connectivity index (χ4n) is 1.93. The van der Waals surface area contributed by atoms with Crippen LogP contribution in [-0.2, 0) is 4.74 Å². The van der Waals surface area contributed by atoms with Gasteiger partial charge in [0.1, 0.15) is 0 Å². The Kier molecular flexibility index (Phi) is 7.09. The smallest absolute Gasteiger partial charge is 0.338 e. The van der Waals surface area contributed by atoms with E-state index in [1.165, 1.54) is 0 Å². The van der Waals surface area contributed by atoms with Crippen LogP contribution < -0.4 is 4.90 Å². The van der Waals surface area contributed by atoms with Gasteiger partial charge in [-0.15, -0.1) is 0 Å². The van der Waals surface area contributed by atoms with Crippen molar-refractivity contribution >= 4 is 11.7 Å². The summed E-state index contributed by atoms with van der Waals surface area (Å²) in [5.74, 6) is -0.258. The summed E-state index contributed by atoms with van der Waals surface area (Å²) in [7, 11) is 4.21. The molecule has 0 aliphatic rings. The zero-order valence-electron chi connectivity index (χ0n) is 13.1. The van der Waals surface area contributed by atoms with Crippen LogP contribution in [0.1, 0.15) is 30.6 Å². The molecule has 112 valence electrons. The Morgan fingerprint density at radius 2 is 1.75 bits per heavy atom. The molecule has 0 heterocycles. The van der Waals surface area contributed by atoms with Crippen LogP contribution in [0.2, 0.25) is 0 Å². The fraction of sp³-hybridized carbons (Fsp3) is 0.562. The van der Waals surface area contributed by atoms with Crippen molar-refractivity contribution in [2.24, 2.45) is 0 Å². The lowest BCUT2D eigenvalue weighted by molar-refractivity contribution is 0.0526. The van der Waals surface area contributed by atoms with Gasteiger partial charge < -0.3 is 14.5 Å². The summed E-state index contributed by atoms with van der Waals surface area (Å²) in [5.41, 5.74) is 1.73. The molecule has 4 nitrogen and oxygen atoms in total. The number of nitrogens with zero attached hydrogens (tertiary/aromatic N) is 2. The van der Waals surface area contributed by atoms with Gasteiger partial charge in [0.25, 0.3) is 0 Å². The Morgan fingerprint density at radius 3 is 2.30 bits per heavy atom. The van der Waals surface area contributed by atoms with Gasteiger partial charge in [-0.25, -0.2) is 4.79 Å². The monoisotopic (exact) mass is 278 g/mol. The van der Waals surface area contributed by atoms with Crippen LogP contribution in [-0.4, -0.2) is 51.2 Å². The highest BCUT2D eigenvalue weighted by molar-refractivity contribution is 5.89. The Morgan fingerprint density at radius 1 is 1.10 bits per heavy atom. The zero-order chi connectivity index (χ0) is 15.0. The van der Waals surface area contributed by atoms with E-state index in [1.807, 2.05) is 31.2 Å². The number of anilines is 1. The number of carbonyl (C=O) groups excluding carboxylic acids is 1. The summed E-state index contributed by atoms with van der Waals surface area (Å²) >= 11 is 0. The van der Waals surface area contributed by atoms with E-state index in [2.05, 4.69) is 30.8 Å². The maximum atomic E-state index is 11.6. The zero-order valence-corrected chi connectivity index (χ0v) is 13.1. The number of rotatable bonds is 8. The molecule has 20 heavy (non-hydrogen) atoms. The highest BCUT2D eigenvalue weighted by Gasteiger charge is 2.07. The van der Waals surface area contributed by atoms with Crippen molar-refractivity contribution in [2.45, 2.75) is 20.3 Å². The fourth-order valence-corrected chi connectivity index (χ4v) is 1.93. The lowest BCUT2D eigenvalue weighted by atomic mass is 10.2. The summed E-state index contributed by atoms with van der Waals surface area (Å²) in [5, 5.41) is 0. The maximum absolute atomic E-state index is 11.6. The molecule has 0 amide bonds.